The number of aliphatic hydroxyl groups is 1. The number of urea groups is 1. The van der Waals surface area contributed by atoms with Crippen molar-refractivity contribution in [2.24, 2.45) is 5.92 Å². The van der Waals surface area contributed by atoms with Crippen LogP contribution in [0, 0.1) is 5.92 Å². The summed E-state index contributed by atoms with van der Waals surface area (Å²) in [6, 6.07) is 7.44. The number of fused-ring (bicyclic) bond motifs is 1. The number of nitrogens with zero attached hydrogens (tertiary/aromatic N) is 4. The largest absolute Gasteiger partial charge is 0.394 e. The highest BCUT2D eigenvalue weighted by Gasteiger charge is 2.39. The van der Waals surface area contributed by atoms with Crippen LogP contribution in [0.1, 0.15) is 23.2 Å². The highest BCUT2D eigenvalue weighted by Crippen LogP contribution is 2.27. The maximum Gasteiger partial charge on any atom is 0.324 e. The van der Waals surface area contributed by atoms with E-state index in [1.54, 1.807) is 6.20 Å². The van der Waals surface area contributed by atoms with Crippen molar-refractivity contribution in [3.63, 3.8) is 0 Å². The number of rotatable bonds is 6. The summed E-state index contributed by atoms with van der Waals surface area (Å²) in [7, 11) is 0. The fourth-order valence-corrected chi connectivity index (χ4v) is 3.93. The van der Waals surface area contributed by atoms with Gasteiger partial charge in [-0.2, -0.15) is 0 Å². The van der Waals surface area contributed by atoms with Gasteiger partial charge in [-0.25, -0.2) is 9.48 Å². The lowest BCUT2D eigenvalue weighted by Crippen LogP contribution is -2.37. The van der Waals surface area contributed by atoms with Crippen LogP contribution >= 0.6 is 0 Å². The quantitative estimate of drug-likeness (QED) is 0.724. The van der Waals surface area contributed by atoms with E-state index in [1.165, 1.54) is 20.7 Å². The first kappa shape index (κ1) is 17.7. The van der Waals surface area contributed by atoms with Crippen LogP contribution in [0.2, 0.25) is 0 Å². The molecule has 2 N–H and O–H groups in total. The van der Waals surface area contributed by atoms with Crippen LogP contribution in [0.25, 0.3) is 0 Å². The summed E-state index contributed by atoms with van der Waals surface area (Å²) < 4.78 is 1.52. The predicted molar refractivity (Wildman–Crippen MR) is 96.8 cm³/mol. The summed E-state index contributed by atoms with van der Waals surface area (Å²) in [5, 5.41) is 19.6. The summed E-state index contributed by atoms with van der Waals surface area (Å²) in [4.78, 5) is 26.4. The van der Waals surface area contributed by atoms with E-state index in [-0.39, 0.29) is 18.5 Å². The van der Waals surface area contributed by atoms with E-state index in [4.69, 9.17) is 5.11 Å². The Hall–Kier alpha value is -2.74. The van der Waals surface area contributed by atoms with Gasteiger partial charge >= 0.3 is 6.03 Å². The number of benzene rings is 1. The Bertz CT molecular complexity index is 849. The van der Waals surface area contributed by atoms with Crippen molar-refractivity contribution in [1.82, 2.24) is 25.2 Å². The molecule has 142 valence electrons. The smallest absolute Gasteiger partial charge is 0.324 e. The summed E-state index contributed by atoms with van der Waals surface area (Å²) in [5.41, 5.74) is 3.31. The molecule has 0 saturated carbocycles. The minimum absolute atomic E-state index is 0.0276. The van der Waals surface area contributed by atoms with Crippen LogP contribution < -0.4 is 5.32 Å². The number of amides is 3. The maximum absolute atomic E-state index is 12.7. The zero-order valence-electron chi connectivity index (χ0n) is 15.0. The van der Waals surface area contributed by atoms with Gasteiger partial charge in [-0.3, -0.25) is 9.69 Å². The lowest BCUT2D eigenvalue weighted by atomic mass is 9.83. The number of nitrogens with one attached hydrogen (secondary N) is 1. The van der Waals surface area contributed by atoms with Crippen LogP contribution in [0.3, 0.4) is 0 Å². The molecule has 2 unspecified atom stereocenters. The Balaban J connectivity index is 1.38. The zero-order chi connectivity index (χ0) is 18.8. The molecule has 1 fully saturated rings. The van der Waals surface area contributed by atoms with Gasteiger partial charge in [0, 0.05) is 19.2 Å². The molecule has 2 atom stereocenters. The van der Waals surface area contributed by atoms with Crippen molar-refractivity contribution >= 4 is 11.9 Å². The van der Waals surface area contributed by atoms with Crippen molar-refractivity contribution in [3.8, 4) is 0 Å². The van der Waals surface area contributed by atoms with Crippen LogP contribution in [0.5, 0.6) is 0 Å². The summed E-state index contributed by atoms with van der Waals surface area (Å²) in [6.45, 7) is 0.778. The summed E-state index contributed by atoms with van der Waals surface area (Å²) in [5.74, 6) is 0.0920. The fraction of sp³-hybridized carbons (Fsp3) is 0.474. The Morgan fingerprint density at radius 2 is 2.04 bits per heavy atom. The third-order valence-electron chi connectivity index (χ3n) is 5.33. The molecule has 2 heterocycles. The number of aliphatic hydroxyl groups excluding tert-OH is 1. The van der Waals surface area contributed by atoms with Gasteiger partial charge in [-0.1, -0.05) is 29.5 Å². The van der Waals surface area contributed by atoms with Gasteiger partial charge < -0.3 is 10.4 Å². The molecule has 1 aliphatic carbocycles. The summed E-state index contributed by atoms with van der Waals surface area (Å²) in [6.07, 6.45) is 4.86. The monoisotopic (exact) mass is 369 g/mol. The molecule has 1 aromatic heterocycles. The number of aromatic nitrogens is 3. The number of carbonyl (C=O) groups is 2. The van der Waals surface area contributed by atoms with E-state index in [1.807, 2.05) is 6.07 Å². The Morgan fingerprint density at radius 3 is 2.85 bits per heavy atom. The first-order valence-corrected chi connectivity index (χ1v) is 9.32. The first-order valence-electron chi connectivity index (χ1n) is 9.32. The van der Waals surface area contributed by atoms with E-state index in [2.05, 4.69) is 33.8 Å². The average Bonchev–Trinajstić information content (AvgIpc) is 3.22. The Kier molecular flexibility index (Phi) is 4.89. The standard InChI is InChI=1S/C19H23N5O3/c25-8-7-23-12-16(21-22-23)10-17-18(26)24(19(27)20-17)11-13-5-6-14-3-1-2-4-15(14)9-13/h1-4,12-13,17,25H,5-11H2,(H,20,27). The molecule has 8 heteroatoms. The lowest BCUT2D eigenvalue weighted by Gasteiger charge is -2.27. The zero-order valence-corrected chi connectivity index (χ0v) is 15.0. The Morgan fingerprint density at radius 1 is 1.22 bits per heavy atom. The minimum atomic E-state index is -0.604. The number of hydrogen-bond donors (Lipinski definition) is 2. The van der Waals surface area contributed by atoms with Crippen molar-refractivity contribution in [2.75, 3.05) is 13.2 Å². The first-order chi connectivity index (χ1) is 13.1. The van der Waals surface area contributed by atoms with E-state index in [0.29, 0.717) is 31.1 Å². The maximum atomic E-state index is 12.7. The topological polar surface area (TPSA) is 100 Å². The predicted octanol–water partition coefficient (Wildman–Crippen LogP) is 0.538. The number of hydrogen-bond acceptors (Lipinski definition) is 5. The van der Waals surface area contributed by atoms with Gasteiger partial charge in [0.2, 0.25) is 0 Å². The second-order valence-electron chi connectivity index (χ2n) is 7.23. The van der Waals surface area contributed by atoms with Crippen molar-refractivity contribution < 1.29 is 14.7 Å². The van der Waals surface area contributed by atoms with Gasteiger partial charge in [0.05, 0.1) is 18.8 Å². The van der Waals surface area contributed by atoms with Crippen molar-refractivity contribution in [1.29, 1.82) is 0 Å². The van der Waals surface area contributed by atoms with Gasteiger partial charge in [-0.15, -0.1) is 5.10 Å². The highest BCUT2D eigenvalue weighted by atomic mass is 16.3. The second kappa shape index (κ2) is 7.48. The van der Waals surface area contributed by atoms with Crippen LogP contribution in [-0.2, 0) is 30.6 Å². The van der Waals surface area contributed by atoms with Crippen LogP contribution in [0.15, 0.2) is 30.5 Å². The van der Waals surface area contributed by atoms with E-state index >= 15 is 0 Å². The minimum Gasteiger partial charge on any atom is -0.394 e. The van der Waals surface area contributed by atoms with Crippen molar-refractivity contribution in [3.05, 3.63) is 47.3 Å². The molecule has 0 bridgehead atoms. The van der Waals surface area contributed by atoms with Gasteiger partial charge in [0.1, 0.15) is 6.04 Å². The molecule has 1 aromatic carbocycles. The molecular weight excluding hydrogens is 346 g/mol. The fourth-order valence-electron chi connectivity index (χ4n) is 3.93. The highest BCUT2D eigenvalue weighted by molar-refractivity contribution is 6.04. The average molecular weight is 369 g/mol. The molecule has 0 radical (unpaired) electrons. The number of aryl methyl sites for hydroxylation is 1. The van der Waals surface area contributed by atoms with E-state index in [9.17, 15) is 9.59 Å². The number of carbonyl (C=O) groups excluding carboxylic acids is 2. The molecule has 4 rings (SSSR count). The molecule has 3 amide bonds. The van der Waals surface area contributed by atoms with Crippen LogP contribution in [0.4, 0.5) is 4.79 Å². The molecule has 1 aliphatic heterocycles. The molecule has 0 spiro atoms. The van der Waals surface area contributed by atoms with Gasteiger partial charge in [-0.05, 0) is 36.3 Å². The molecule has 8 nitrogen and oxygen atoms in total. The molecule has 1 saturated heterocycles. The summed E-state index contributed by atoms with van der Waals surface area (Å²) >= 11 is 0. The van der Waals surface area contributed by atoms with Crippen molar-refractivity contribution in [2.45, 2.75) is 38.3 Å². The third kappa shape index (κ3) is 3.71. The van der Waals surface area contributed by atoms with E-state index in [0.717, 1.165) is 19.3 Å². The lowest BCUT2D eigenvalue weighted by molar-refractivity contribution is -0.127. The van der Waals surface area contributed by atoms with Crippen LogP contribution in [-0.4, -0.2) is 56.1 Å². The molecule has 2 aliphatic rings. The normalized spacial score (nSPS) is 22.0. The second-order valence-corrected chi connectivity index (χ2v) is 7.23. The van der Waals surface area contributed by atoms with E-state index < -0.39 is 6.04 Å². The Labute approximate surface area is 157 Å². The number of imide groups is 1. The molecule has 2 aromatic rings. The van der Waals surface area contributed by atoms with Gasteiger partial charge in [0.25, 0.3) is 5.91 Å². The molecular formula is C19H23N5O3. The third-order valence-corrected chi connectivity index (χ3v) is 5.33. The SMILES string of the molecule is O=C1NC(Cc2cn(CCO)nn2)C(=O)N1CC1CCc2ccccc2C1. The van der Waals surface area contributed by atoms with Gasteiger partial charge in [0.15, 0.2) is 0 Å². The molecule has 27 heavy (non-hydrogen) atoms.